The van der Waals surface area contributed by atoms with Gasteiger partial charge in [-0.15, -0.1) is 0 Å². The molecule has 176 valence electrons. The van der Waals surface area contributed by atoms with Crippen LogP contribution in [0.5, 0.6) is 5.75 Å². The van der Waals surface area contributed by atoms with Gasteiger partial charge in [0, 0.05) is 24.2 Å². The Morgan fingerprint density at radius 2 is 2.09 bits per heavy atom. The Labute approximate surface area is 195 Å². The highest BCUT2D eigenvalue weighted by Gasteiger charge is 2.53. The van der Waals surface area contributed by atoms with E-state index >= 15 is 0 Å². The van der Waals surface area contributed by atoms with Crippen LogP contribution in [0.3, 0.4) is 0 Å². The molecule has 3 aliphatic rings. The van der Waals surface area contributed by atoms with E-state index in [1.54, 1.807) is 19.1 Å². The fourth-order valence-electron chi connectivity index (χ4n) is 5.22. The highest BCUT2D eigenvalue weighted by atomic mass is 19.2. The molecule has 1 heterocycles. The van der Waals surface area contributed by atoms with Crippen molar-refractivity contribution in [2.75, 3.05) is 5.32 Å². The molecule has 5 N–H and O–H groups in total. The van der Waals surface area contributed by atoms with Crippen molar-refractivity contribution in [3.05, 3.63) is 53.1 Å². The zero-order chi connectivity index (χ0) is 24.3. The summed E-state index contributed by atoms with van der Waals surface area (Å²) >= 11 is 0. The van der Waals surface area contributed by atoms with Gasteiger partial charge in [-0.1, -0.05) is 12.1 Å². The molecular formula is C24H24FN5O4. The fraction of sp³-hybridized carbons (Fsp3) is 0.375. The van der Waals surface area contributed by atoms with Crippen LogP contribution in [0.25, 0.3) is 0 Å². The van der Waals surface area contributed by atoms with Crippen molar-refractivity contribution in [2.45, 2.75) is 56.3 Å². The van der Waals surface area contributed by atoms with Gasteiger partial charge >= 0.3 is 6.54 Å². The monoisotopic (exact) mass is 465 g/mol. The summed E-state index contributed by atoms with van der Waals surface area (Å²) in [6.07, 6.45) is 1.60. The predicted molar refractivity (Wildman–Crippen MR) is 121 cm³/mol. The maximum Gasteiger partial charge on any atom is 0.350 e. The van der Waals surface area contributed by atoms with Crippen LogP contribution >= 0.6 is 0 Å². The normalized spacial score (nSPS) is 28.2. The van der Waals surface area contributed by atoms with E-state index in [1.165, 1.54) is 11.0 Å². The Morgan fingerprint density at radius 3 is 2.74 bits per heavy atom. The lowest BCUT2D eigenvalue weighted by molar-refractivity contribution is -0.139. The van der Waals surface area contributed by atoms with Gasteiger partial charge in [-0.3, -0.25) is 9.69 Å². The molecule has 2 aliphatic carbocycles. The SMILES string of the molecule is CC1(O)CC(N2C(=O)C[C@]3(Cc4c(Nc5ccc(C#N)cc5OC(O)F)cccc43)N=C2N)C1. The second kappa shape index (κ2) is 7.68. The molecule has 2 aromatic rings. The number of aliphatic hydroxyl groups is 2. The lowest BCUT2D eigenvalue weighted by atomic mass is 9.67. The molecule has 1 saturated carbocycles. The number of halogens is 1. The molecule has 1 spiro atoms. The van der Waals surface area contributed by atoms with E-state index in [0.29, 0.717) is 30.6 Å². The number of ether oxygens (including phenoxy) is 1. The molecule has 2 atom stereocenters. The third-order valence-electron chi connectivity index (χ3n) is 6.75. The molecule has 1 aliphatic heterocycles. The van der Waals surface area contributed by atoms with Crippen molar-refractivity contribution in [3.8, 4) is 11.8 Å². The standard InChI is InChI=1S/C24H24FN5O4/c1-23(33)8-14(9-23)30-20(31)11-24(29-22(30)27)10-15-16(24)3-2-4-17(15)28-18-6-5-13(12-26)7-19(18)34-21(25)32/h2-7,14,21,28,32-33H,8-11H2,1H3,(H2,27,29)/t14?,21?,23?,24-/m0/s1. The van der Waals surface area contributed by atoms with Gasteiger partial charge in [-0.2, -0.15) is 9.65 Å². The van der Waals surface area contributed by atoms with E-state index in [2.05, 4.69) is 5.32 Å². The van der Waals surface area contributed by atoms with Crippen LogP contribution in [0.1, 0.15) is 42.9 Å². The number of rotatable bonds is 5. The minimum atomic E-state index is -2.54. The van der Waals surface area contributed by atoms with Gasteiger partial charge in [0.1, 0.15) is 5.54 Å². The number of aliphatic hydroxyl groups excluding tert-OH is 1. The summed E-state index contributed by atoms with van der Waals surface area (Å²) in [6, 6.07) is 11.8. The highest BCUT2D eigenvalue weighted by Crippen LogP contribution is 2.51. The van der Waals surface area contributed by atoms with Crippen LogP contribution in [-0.4, -0.2) is 45.2 Å². The van der Waals surface area contributed by atoms with Gasteiger partial charge in [-0.05, 0) is 49.1 Å². The number of hydrogen-bond donors (Lipinski definition) is 4. The number of amides is 1. The van der Waals surface area contributed by atoms with E-state index < -0.39 is 17.7 Å². The summed E-state index contributed by atoms with van der Waals surface area (Å²) in [7, 11) is 0. The molecule has 0 radical (unpaired) electrons. The van der Waals surface area contributed by atoms with E-state index in [9.17, 15) is 14.3 Å². The number of alkyl halides is 1. The molecule has 2 aromatic carbocycles. The van der Waals surface area contributed by atoms with Gasteiger partial charge < -0.3 is 26.0 Å². The fourth-order valence-corrected chi connectivity index (χ4v) is 5.22. The van der Waals surface area contributed by atoms with Crippen LogP contribution in [0, 0.1) is 11.3 Å². The van der Waals surface area contributed by atoms with Gasteiger partial charge in [0.15, 0.2) is 11.7 Å². The molecule has 0 aromatic heterocycles. The Bertz CT molecular complexity index is 1250. The Morgan fingerprint density at radius 1 is 1.32 bits per heavy atom. The number of benzene rings is 2. The van der Waals surface area contributed by atoms with E-state index in [-0.39, 0.29) is 35.6 Å². The maximum absolute atomic E-state index is 13.1. The first-order chi connectivity index (χ1) is 16.1. The molecule has 0 bridgehead atoms. The lowest BCUT2D eigenvalue weighted by Crippen LogP contribution is -2.62. The number of nitrogens with zero attached hydrogens (tertiary/aromatic N) is 3. The molecule has 0 saturated heterocycles. The van der Waals surface area contributed by atoms with Crippen LogP contribution in [0.4, 0.5) is 15.8 Å². The number of hydrogen-bond acceptors (Lipinski definition) is 8. The van der Waals surface area contributed by atoms with Gasteiger partial charge in [-0.25, -0.2) is 4.99 Å². The second-order valence-electron chi connectivity index (χ2n) is 9.37. The first kappa shape index (κ1) is 22.1. The summed E-state index contributed by atoms with van der Waals surface area (Å²) in [5, 5.41) is 31.3. The van der Waals surface area contributed by atoms with E-state index in [4.69, 9.17) is 25.8 Å². The zero-order valence-electron chi connectivity index (χ0n) is 18.5. The Kier molecular flexibility index (Phi) is 5.00. The minimum absolute atomic E-state index is 0.0113. The average molecular weight is 465 g/mol. The van der Waals surface area contributed by atoms with Crippen molar-refractivity contribution in [3.63, 3.8) is 0 Å². The van der Waals surface area contributed by atoms with Crippen molar-refractivity contribution < 1.29 is 24.1 Å². The summed E-state index contributed by atoms with van der Waals surface area (Å²) in [5.74, 6) is 0.0417. The largest absolute Gasteiger partial charge is 0.436 e. The van der Waals surface area contributed by atoms with Crippen molar-refractivity contribution in [1.29, 1.82) is 5.26 Å². The number of nitrogens with one attached hydrogen (secondary N) is 1. The van der Waals surface area contributed by atoms with Crippen molar-refractivity contribution >= 4 is 23.2 Å². The molecule has 9 nitrogen and oxygen atoms in total. The minimum Gasteiger partial charge on any atom is -0.436 e. The first-order valence-electron chi connectivity index (χ1n) is 10.9. The molecule has 10 heteroatoms. The maximum atomic E-state index is 13.1. The quantitative estimate of drug-likeness (QED) is 0.495. The van der Waals surface area contributed by atoms with Crippen molar-refractivity contribution in [2.24, 2.45) is 10.7 Å². The summed E-state index contributed by atoms with van der Waals surface area (Å²) in [5.41, 5.74) is 7.84. The third kappa shape index (κ3) is 3.63. The number of anilines is 2. The molecule has 1 fully saturated rings. The number of carbonyl (C=O) groups excluding carboxylic acids is 1. The number of nitrogens with two attached hydrogens (primary N) is 1. The van der Waals surface area contributed by atoms with Crippen LogP contribution in [-0.2, 0) is 16.8 Å². The number of guanidine groups is 1. The Hall–Kier alpha value is -3.68. The second-order valence-corrected chi connectivity index (χ2v) is 9.37. The molecule has 34 heavy (non-hydrogen) atoms. The lowest BCUT2D eigenvalue weighted by Gasteiger charge is -2.51. The highest BCUT2D eigenvalue weighted by molar-refractivity contribution is 6.00. The van der Waals surface area contributed by atoms with Gasteiger partial charge in [0.25, 0.3) is 0 Å². The molecule has 5 rings (SSSR count). The smallest absolute Gasteiger partial charge is 0.350 e. The van der Waals surface area contributed by atoms with Crippen LogP contribution in [0.15, 0.2) is 41.4 Å². The summed E-state index contributed by atoms with van der Waals surface area (Å²) < 4.78 is 17.9. The van der Waals surface area contributed by atoms with Crippen LogP contribution in [0.2, 0.25) is 0 Å². The molecule has 1 unspecified atom stereocenters. The third-order valence-corrected chi connectivity index (χ3v) is 6.75. The number of fused-ring (bicyclic) bond motifs is 2. The van der Waals surface area contributed by atoms with Crippen LogP contribution < -0.4 is 15.8 Å². The molecule has 1 amide bonds. The number of carbonyl (C=O) groups is 1. The van der Waals surface area contributed by atoms with Gasteiger partial charge in [0.05, 0.1) is 29.3 Å². The predicted octanol–water partition coefficient (Wildman–Crippen LogP) is 2.14. The summed E-state index contributed by atoms with van der Waals surface area (Å²) in [6.45, 7) is -0.799. The first-order valence-corrected chi connectivity index (χ1v) is 10.9. The van der Waals surface area contributed by atoms with E-state index in [0.717, 1.165) is 11.1 Å². The van der Waals surface area contributed by atoms with E-state index in [1.807, 2.05) is 24.3 Å². The molecular weight excluding hydrogens is 441 g/mol. The topological polar surface area (TPSA) is 144 Å². The summed E-state index contributed by atoms with van der Waals surface area (Å²) in [4.78, 5) is 19.2. The average Bonchev–Trinajstić information content (AvgIpc) is 2.73. The Balaban J connectivity index is 1.42. The number of aliphatic imine (C=N–C) groups is 1. The van der Waals surface area contributed by atoms with Crippen molar-refractivity contribution in [1.82, 2.24) is 4.90 Å². The number of nitriles is 1. The zero-order valence-corrected chi connectivity index (χ0v) is 18.5. The van der Waals surface area contributed by atoms with Gasteiger partial charge in [0.2, 0.25) is 5.91 Å².